The van der Waals surface area contributed by atoms with Gasteiger partial charge >= 0.3 is 0 Å². The van der Waals surface area contributed by atoms with Gasteiger partial charge < -0.3 is 16.2 Å². The molecular weight excluding hydrogens is 461 g/mol. The van der Waals surface area contributed by atoms with Crippen LogP contribution in [0.15, 0.2) is 18.5 Å². The number of amides is 2. The van der Waals surface area contributed by atoms with Crippen molar-refractivity contribution >= 4 is 61.4 Å². The number of hydrogen-bond acceptors (Lipinski definition) is 7. The van der Waals surface area contributed by atoms with E-state index in [0.29, 0.717) is 22.5 Å². The fourth-order valence-electron chi connectivity index (χ4n) is 3.53. The number of likely N-dealkylation sites (tertiary alicyclic amines) is 1. The molecule has 2 amide bonds. The maximum absolute atomic E-state index is 12.7. The molecule has 0 aliphatic carbocycles. The van der Waals surface area contributed by atoms with Crippen LogP contribution >= 0.6 is 34.5 Å². The van der Waals surface area contributed by atoms with E-state index >= 15 is 0 Å². The second-order valence-corrected chi connectivity index (χ2v) is 9.05. The van der Waals surface area contributed by atoms with Gasteiger partial charge in [-0.15, -0.1) is 11.3 Å². The summed E-state index contributed by atoms with van der Waals surface area (Å²) in [6.07, 6.45) is 6.50. The molecule has 162 valence electrons. The number of piperidine rings is 1. The van der Waals surface area contributed by atoms with Crippen LogP contribution in [0.5, 0.6) is 5.75 Å². The van der Waals surface area contributed by atoms with Crippen LogP contribution in [0.3, 0.4) is 0 Å². The maximum Gasteiger partial charge on any atom is 0.259 e. The van der Waals surface area contributed by atoms with Gasteiger partial charge in [0.05, 0.1) is 27.4 Å². The summed E-state index contributed by atoms with van der Waals surface area (Å²) in [7, 11) is 0. The average molecular weight is 480 g/mol. The molecule has 1 fully saturated rings. The largest absolute Gasteiger partial charge is 0.505 e. The van der Waals surface area contributed by atoms with Gasteiger partial charge in [-0.2, -0.15) is 0 Å². The van der Waals surface area contributed by atoms with E-state index in [4.69, 9.17) is 28.9 Å². The molecule has 11 heteroatoms. The van der Waals surface area contributed by atoms with Gasteiger partial charge in [-0.25, -0.2) is 9.97 Å². The SMILES string of the molecule is NC(=O)c1c(NC(=O)c2cnc(CN3CCCCC3)nc2)sc2c(Cl)c(O)c(Cl)cc12. The molecule has 0 spiro atoms. The van der Waals surface area contributed by atoms with E-state index in [1.807, 2.05) is 0 Å². The highest BCUT2D eigenvalue weighted by Crippen LogP contribution is 2.46. The first-order valence-corrected chi connectivity index (χ1v) is 11.2. The van der Waals surface area contributed by atoms with Crippen molar-refractivity contribution in [1.29, 1.82) is 0 Å². The number of hydrogen-bond donors (Lipinski definition) is 3. The third-order valence-corrected chi connectivity index (χ3v) is 7.01. The van der Waals surface area contributed by atoms with Gasteiger partial charge in [0, 0.05) is 17.8 Å². The van der Waals surface area contributed by atoms with E-state index in [-0.39, 0.29) is 31.9 Å². The number of carbonyl (C=O) groups excluding carboxylic acids is 2. The van der Waals surface area contributed by atoms with Crippen molar-refractivity contribution in [2.24, 2.45) is 5.73 Å². The number of phenolic OH excluding ortho intramolecular Hbond substituents is 1. The summed E-state index contributed by atoms with van der Waals surface area (Å²) in [6.45, 7) is 2.69. The van der Waals surface area contributed by atoms with Crippen LogP contribution in [-0.4, -0.2) is 44.9 Å². The predicted octanol–water partition coefficient (Wildman–Crippen LogP) is 4.04. The van der Waals surface area contributed by atoms with E-state index in [1.54, 1.807) is 0 Å². The lowest BCUT2D eigenvalue weighted by atomic mass is 10.1. The summed E-state index contributed by atoms with van der Waals surface area (Å²) in [5.74, 6) is -0.906. The minimum absolute atomic E-state index is 0.0131. The summed E-state index contributed by atoms with van der Waals surface area (Å²) >= 11 is 13.2. The third kappa shape index (κ3) is 4.45. The smallest absolute Gasteiger partial charge is 0.259 e. The van der Waals surface area contributed by atoms with Crippen molar-refractivity contribution in [2.75, 3.05) is 18.4 Å². The number of nitrogens with two attached hydrogens (primary N) is 1. The molecule has 0 radical (unpaired) electrons. The van der Waals surface area contributed by atoms with Crippen LogP contribution < -0.4 is 11.1 Å². The standard InChI is InChI=1S/C20H19Cl2N5O3S/c21-12-6-11-14(18(23)29)20(31-17(11)15(22)16(12)28)26-19(30)10-7-24-13(25-8-10)9-27-4-2-1-3-5-27/h6-8,28H,1-5,9H2,(H2,23,29)(H,26,30). The fourth-order valence-corrected chi connectivity index (χ4v) is 5.22. The first-order chi connectivity index (χ1) is 14.8. The van der Waals surface area contributed by atoms with Gasteiger partial charge in [-0.1, -0.05) is 29.6 Å². The second kappa shape index (κ2) is 8.96. The highest BCUT2D eigenvalue weighted by Gasteiger charge is 2.23. The Bertz CT molecular complexity index is 1160. The molecule has 4 rings (SSSR count). The summed E-state index contributed by atoms with van der Waals surface area (Å²) in [5.41, 5.74) is 5.83. The quantitative estimate of drug-likeness (QED) is 0.507. The number of aromatic nitrogens is 2. The van der Waals surface area contributed by atoms with E-state index in [1.165, 1.54) is 37.7 Å². The van der Waals surface area contributed by atoms with Crippen molar-refractivity contribution in [3.05, 3.63) is 45.5 Å². The number of nitrogens with zero attached hydrogens (tertiary/aromatic N) is 3. The van der Waals surface area contributed by atoms with Crippen molar-refractivity contribution in [1.82, 2.24) is 14.9 Å². The van der Waals surface area contributed by atoms with Crippen molar-refractivity contribution in [3.63, 3.8) is 0 Å². The normalized spacial score (nSPS) is 14.6. The number of carbonyl (C=O) groups is 2. The molecule has 1 aliphatic heterocycles. The molecule has 0 bridgehead atoms. The van der Waals surface area contributed by atoms with Gasteiger partial charge in [0.25, 0.3) is 11.8 Å². The molecule has 3 aromatic rings. The van der Waals surface area contributed by atoms with Crippen LogP contribution in [-0.2, 0) is 6.54 Å². The van der Waals surface area contributed by atoms with Gasteiger partial charge in [0.2, 0.25) is 0 Å². The molecule has 0 unspecified atom stereocenters. The van der Waals surface area contributed by atoms with Crippen LogP contribution in [0.4, 0.5) is 5.00 Å². The third-order valence-electron chi connectivity index (χ3n) is 5.10. The van der Waals surface area contributed by atoms with Gasteiger partial charge in [0.1, 0.15) is 15.8 Å². The molecule has 8 nitrogen and oxygen atoms in total. The molecular formula is C20H19Cl2N5O3S. The predicted molar refractivity (Wildman–Crippen MR) is 121 cm³/mol. The summed E-state index contributed by atoms with van der Waals surface area (Å²) in [4.78, 5) is 35.7. The van der Waals surface area contributed by atoms with Gasteiger partial charge in [-0.3, -0.25) is 14.5 Å². The highest BCUT2D eigenvalue weighted by molar-refractivity contribution is 7.24. The van der Waals surface area contributed by atoms with Gasteiger partial charge in [0.15, 0.2) is 5.75 Å². The van der Waals surface area contributed by atoms with Crippen LogP contribution in [0.2, 0.25) is 10.0 Å². The van der Waals surface area contributed by atoms with Crippen molar-refractivity contribution in [2.45, 2.75) is 25.8 Å². The number of fused-ring (bicyclic) bond motifs is 1. The first-order valence-electron chi connectivity index (χ1n) is 9.63. The van der Waals surface area contributed by atoms with E-state index in [2.05, 4.69) is 20.2 Å². The number of primary amides is 1. The summed E-state index contributed by atoms with van der Waals surface area (Å²) in [6, 6.07) is 1.39. The Labute approximate surface area is 192 Å². The zero-order chi connectivity index (χ0) is 22.1. The Balaban J connectivity index is 1.57. The fraction of sp³-hybridized carbons (Fsp3) is 0.300. The lowest BCUT2D eigenvalue weighted by molar-refractivity contribution is 0.100. The minimum atomic E-state index is -0.757. The van der Waals surface area contributed by atoms with E-state index in [9.17, 15) is 14.7 Å². The topological polar surface area (TPSA) is 121 Å². The zero-order valence-corrected chi connectivity index (χ0v) is 18.6. The van der Waals surface area contributed by atoms with E-state index < -0.39 is 11.8 Å². The number of rotatable bonds is 5. The molecule has 4 N–H and O–H groups in total. The summed E-state index contributed by atoms with van der Waals surface area (Å²) < 4.78 is 0.390. The molecule has 1 aliphatic rings. The lowest BCUT2D eigenvalue weighted by Gasteiger charge is -2.25. The number of nitrogens with one attached hydrogen (secondary N) is 1. The van der Waals surface area contributed by atoms with Crippen molar-refractivity contribution < 1.29 is 14.7 Å². The summed E-state index contributed by atoms with van der Waals surface area (Å²) in [5, 5.41) is 13.2. The van der Waals surface area contributed by atoms with Crippen LogP contribution in [0, 0.1) is 0 Å². The Morgan fingerprint density at radius 2 is 1.87 bits per heavy atom. The molecule has 0 atom stereocenters. The molecule has 1 aromatic carbocycles. The first kappa shape index (κ1) is 21.8. The second-order valence-electron chi connectivity index (χ2n) is 7.25. The minimum Gasteiger partial charge on any atom is -0.505 e. The Hall–Kier alpha value is -2.46. The maximum atomic E-state index is 12.7. The number of thiophene rings is 1. The average Bonchev–Trinajstić information content (AvgIpc) is 3.11. The zero-order valence-electron chi connectivity index (χ0n) is 16.3. The van der Waals surface area contributed by atoms with E-state index in [0.717, 1.165) is 24.4 Å². The Morgan fingerprint density at radius 1 is 1.19 bits per heavy atom. The number of halogens is 2. The molecule has 1 saturated heterocycles. The number of benzene rings is 1. The number of aromatic hydroxyl groups is 1. The van der Waals surface area contributed by atoms with Gasteiger partial charge in [-0.05, 0) is 32.0 Å². The van der Waals surface area contributed by atoms with Crippen LogP contribution in [0.25, 0.3) is 10.1 Å². The lowest BCUT2D eigenvalue weighted by Crippen LogP contribution is -2.30. The Morgan fingerprint density at radius 3 is 2.52 bits per heavy atom. The molecule has 2 aromatic heterocycles. The highest BCUT2D eigenvalue weighted by atomic mass is 35.5. The Kier molecular flexibility index (Phi) is 6.29. The molecule has 31 heavy (non-hydrogen) atoms. The number of phenols is 1. The molecule has 0 saturated carbocycles. The number of anilines is 1. The monoisotopic (exact) mass is 479 g/mol. The van der Waals surface area contributed by atoms with Crippen LogP contribution in [0.1, 0.15) is 45.8 Å². The van der Waals surface area contributed by atoms with Crippen molar-refractivity contribution in [3.8, 4) is 5.75 Å². The molecule has 3 heterocycles.